The Morgan fingerprint density at radius 2 is 2.50 bits per heavy atom. The molecule has 0 aromatic carbocycles. The molecule has 1 rings (SSSR count). The van der Waals surface area contributed by atoms with Crippen LogP contribution in [-0.4, -0.2) is 23.9 Å². The third-order valence-corrected chi connectivity index (χ3v) is 2.04. The molecule has 1 unspecified atom stereocenters. The molecule has 0 aromatic heterocycles. The molecule has 0 N–H and O–H groups in total. The summed E-state index contributed by atoms with van der Waals surface area (Å²) in [6.07, 6.45) is 2.48. The normalized spacial score (nSPS) is 22.9. The number of amides is 1. The number of hydrogen-bond donors (Lipinski definition) is 0. The Morgan fingerprint density at radius 3 is 2.92 bits per heavy atom. The van der Waals surface area contributed by atoms with Gasteiger partial charge in [0.2, 0.25) is 5.91 Å². The first-order valence-electron chi connectivity index (χ1n) is 4.18. The summed E-state index contributed by atoms with van der Waals surface area (Å²) in [6.45, 7) is 10.9. The monoisotopic (exact) mass is 165 g/mol. The van der Waals surface area contributed by atoms with E-state index in [0.717, 1.165) is 12.1 Å². The lowest BCUT2D eigenvalue weighted by Crippen LogP contribution is -2.26. The van der Waals surface area contributed by atoms with Crippen LogP contribution in [0, 0.1) is 5.92 Å². The molecule has 2 heteroatoms. The van der Waals surface area contributed by atoms with E-state index in [1.807, 2.05) is 17.9 Å². The highest BCUT2D eigenvalue weighted by Gasteiger charge is 2.26. The first-order chi connectivity index (χ1) is 5.63. The van der Waals surface area contributed by atoms with Crippen molar-refractivity contribution in [1.82, 2.24) is 4.90 Å². The summed E-state index contributed by atoms with van der Waals surface area (Å²) >= 11 is 0. The first-order valence-corrected chi connectivity index (χ1v) is 4.18. The number of carbonyl (C=O) groups is 1. The van der Waals surface area contributed by atoms with Gasteiger partial charge in [-0.3, -0.25) is 4.79 Å². The van der Waals surface area contributed by atoms with Gasteiger partial charge in [0.25, 0.3) is 0 Å². The van der Waals surface area contributed by atoms with Gasteiger partial charge in [0.15, 0.2) is 0 Å². The maximum atomic E-state index is 11.3. The standard InChI is InChI=1S/C10H15NO/c1-4-9-5-10(12)11(7-9)6-8(2)3/h4,9H,1-2,5-7H2,3H3. The zero-order valence-electron chi connectivity index (χ0n) is 7.55. The summed E-state index contributed by atoms with van der Waals surface area (Å²) < 4.78 is 0. The maximum absolute atomic E-state index is 11.3. The fraction of sp³-hybridized carbons (Fsp3) is 0.500. The maximum Gasteiger partial charge on any atom is 0.223 e. The number of nitrogens with zero attached hydrogens (tertiary/aromatic N) is 1. The van der Waals surface area contributed by atoms with Crippen molar-refractivity contribution in [1.29, 1.82) is 0 Å². The molecule has 1 aliphatic rings. The van der Waals surface area contributed by atoms with Gasteiger partial charge in [0.05, 0.1) is 0 Å². The van der Waals surface area contributed by atoms with Gasteiger partial charge in [-0.2, -0.15) is 0 Å². The minimum Gasteiger partial charge on any atom is -0.338 e. The summed E-state index contributed by atoms with van der Waals surface area (Å²) in [5.41, 5.74) is 1.04. The Labute approximate surface area is 73.6 Å². The molecule has 1 saturated heterocycles. The molecular weight excluding hydrogens is 150 g/mol. The van der Waals surface area contributed by atoms with E-state index in [1.54, 1.807) is 0 Å². The molecule has 12 heavy (non-hydrogen) atoms. The molecule has 0 spiro atoms. The van der Waals surface area contributed by atoms with Gasteiger partial charge in [0.1, 0.15) is 0 Å². The molecule has 1 atom stereocenters. The average molecular weight is 165 g/mol. The Bertz CT molecular complexity index is 220. The van der Waals surface area contributed by atoms with Gasteiger partial charge < -0.3 is 4.90 Å². The van der Waals surface area contributed by atoms with Gasteiger partial charge in [-0.05, 0) is 6.92 Å². The topological polar surface area (TPSA) is 20.3 Å². The molecule has 0 saturated carbocycles. The van der Waals surface area contributed by atoms with Crippen molar-refractivity contribution >= 4 is 5.91 Å². The summed E-state index contributed by atoms with van der Waals surface area (Å²) in [5.74, 6) is 0.569. The highest BCUT2D eigenvalue weighted by molar-refractivity contribution is 5.79. The molecule has 66 valence electrons. The van der Waals surface area contributed by atoms with Crippen LogP contribution in [0.3, 0.4) is 0 Å². The molecule has 1 aliphatic heterocycles. The van der Waals surface area contributed by atoms with E-state index >= 15 is 0 Å². The van der Waals surface area contributed by atoms with E-state index in [-0.39, 0.29) is 5.91 Å². The second kappa shape index (κ2) is 3.57. The third kappa shape index (κ3) is 1.97. The minimum absolute atomic E-state index is 0.225. The SMILES string of the molecule is C=CC1CC(=O)N(CC(=C)C)C1. The van der Waals surface area contributed by atoms with Crippen LogP contribution in [0.15, 0.2) is 24.8 Å². The highest BCUT2D eigenvalue weighted by Crippen LogP contribution is 2.18. The van der Waals surface area contributed by atoms with Crippen LogP contribution in [-0.2, 0) is 4.79 Å². The Kier molecular flexibility index (Phi) is 2.69. The highest BCUT2D eigenvalue weighted by atomic mass is 16.2. The summed E-state index contributed by atoms with van der Waals surface area (Å²) in [5, 5.41) is 0. The van der Waals surface area contributed by atoms with Crippen LogP contribution >= 0.6 is 0 Å². The second-order valence-corrected chi connectivity index (χ2v) is 3.43. The minimum atomic E-state index is 0.225. The molecule has 2 nitrogen and oxygen atoms in total. The molecule has 0 aromatic rings. The largest absolute Gasteiger partial charge is 0.338 e. The lowest BCUT2D eigenvalue weighted by Gasteiger charge is -2.15. The molecule has 1 amide bonds. The number of rotatable bonds is 3. The van der Waals surface area contributed by atoms with Gasteiger partial charge in [0, 0.05) is 25.4 Å². The van der Waals surface area contributed by atoms with Crippen LogP contribution in [0.1, 0.15) is 13.3 Å². The Balaban J connectivity index is 2.51. The third-order valence-electron chi connectivity index (χ3n) is 2.04. The zero-order chi connectivity index (χ0) is 9.14. The van der Waals surface area contributed by atoms with Crippen molar-refractivity contribution in [2.75, 3.05) is 13.1 Å². The van der Waals surface area contributed by atoms with Gasteiger partial charge >= 0.3 is 0 Å². The van der Waals surface area contributed by atoms with Crippen LogP contribution in [0.25, 0.3) is 0 Å². The smallest absolute Gasteiger partial charge is 0.223 e. The molecule has 0 bridgehead atoms. The van der Waals surface area contributed by atoms with Crippen LogP contribution < -0.4 is 0 Å². The van der Waals surface area contributed by atoms with E-state index < -0.39 is 0 Å². The van der Waals surface area contributed by atoms with E-state index in [9.17, 15) is 4.79 Å². The van der Waals surface area contributed by atoms with Crippen LogP contribution in [0.4, 0.5) is 0 Å². The van der Waals surface area contributed by atoms with Crippen molar-refractivity contribution in [3.8, 4) is 0 Å². The molecular formula is C10H15NO. The van der Waals surface area contributed by atoms with Crippen LogP contribution in [0.5, 0.6) is 0 Å². The van der Waals surface area contributed by atoms with E-state index in [1.165, 1.54) is 0 Å². The molecule has 0 radical (unpaired) electrons. The predicted octanol–water partition coefficient (Wildman–Crippen LogP) is 1.60. The number of hydrogen-bond acceptors (Lipinski definition) is 1. The van der Waals surface area contributed by atoms with Crippen molar-refractivity contribution in [3.63, 3.8) is 0 Å². The van der Waals surface area contributed by atoms with E-state index in [2.05, 4.69) is 13.2 Å². The van der Waals surface area contributed by atoms with Gasteiger partial charge in [-0.1, -0.05) is 18.2 Å². The van der Waals surface area contributed by atoms with Crippen molar-refractivity contribution in [3.05, 3.63) is 24.8 Å². The average Bonchev–Trinajstić information content (AvgIpc) is 2.31. The lowest BCUT2D eigenvalue weighted by atomic mass is 10.1. The van der Waals surface area contributed by atoms with Crippen molar-refractivity contribution in [2.45, 2.75) is 13.3 Å². The summed E-state index contributed by atoms with van der Waals surface area (Å²) in [7, 11) is 0. The van der Waals surface area contributed by atoms with E-state index in [4.69, 9.17) is 0 Å². The Hall–Kier alpha value is -1.05. The predicted molar refractivity (Wildman–Crippen MR) is 49.7 cm³/mol. The lowest BCUT2D eigenvalue weighted by molar-refractivity contribution is -0.127. The number of carbonyl (C=O) groups excluding carboxylic acids is 1. The Morgan fingerprint density at radius 1 is 1.83 bits per heavy atom. The molecule has 1 heterocycles. The fourth-order valence-corrected chi connectivity index (χ4v) is 1.44. The quantitative estimate of drug-likeness (QED) is 0.582. The van der Waals surface area contributed by atoms with Gasteiger partial charge in [-0.25, -0.2) is 0 Å². The second-order valence-electron chi connectivity index (χ2n) is 3.43. The number of likely N-dealkylation sites (tertiary alicyclic amines) is 1. The first kappa shape index (κ1) is 9.04. The zero-order valence-corrected chi connectivity index (χ0v) is 7.55. The molecule has 0 aliphatic carbocycles. The molecule has 1 fully saturated rings. The van der Waals surface area contributed by atoms with E-state index in [0.29, 0.717) is 18.9 Å². The van der Waals surface area contributed by atoms with Crippen molar-refractivity contribution in [2.24, 2.45) is 5.92 Å². The van der Waals surface area contributed by atoms with Crippen molar-refractivity contribution < 1.29 is 4.79 Å². The summed E-state index contributed by atoms with van der Waals surface area (Å²) in [6, 6.07) is 0. The van der Waals surface area contributed by atoms with Gasteiger partial charge in [-0.15, -0.1) is 6.58 Å². The summed E-state index contributed by atoms with van der Waals surface area (Å²) in [4.78, 5) is 13.2. The fourth-order valence-electron chi connectivity index (χ4n) is 1.44. The van der Waals surface area contributed by atoms with Crippen LogP contribution in [0.2, 0.25) is 0 Å².